The number of fused-ring (bicyclic) bond motifs is 2. The number of halogens is 4. The topological polar surface area (TPSA) is 115 Å². The Bertz CT molecular complexity index is 1350. The molecule has 204 valence electrons. The van der Waals surface area contributed by atoms with E-state index in [1.54, 1.807) is 27.9 Å². The van der Waals surface area contributed by atoms with Crippen LogP contribution in [0, 0.1) is 12.7 Å². The summed E-state index contributed by atoms with van der Waals surface area (Å²) in [6, 6.07) is 3.74. The number of rotatable bonds is 2. The largest absolute Gasteiger partial charge is 0.490 e. The number of aliphatic carboxylic acids is 1. The first-order valence-electron chi connectivity index (χ1n) is 11.9. The monoisotopic (exact) mass is 537 g/mol. The number of pyridine rings is 2. The lowest BCUT2D eigenvalue weighted by Crippen LogP contribution is -2.54. The Hall–Kier alpha value is -3.94. The molecule has 38 heavy (non-hydrogen) atoms. The summed E-state index contributed by atoms with van der Waals surface area (Å²) in [7, 11) is 0. The van der Waals surface area contributed by atoms with Crippen LogP contribution in [0.2, 0.25) is 0 Å². The molecule has 1 saturated heterocycles. The summed E-state index contributed by atoms with van der Waals surface area (Å²) in [5.41, 5.74) is 3.60. The summed E-state index contributed by atoms with van der Waals surface area (Å²) < 4.78 is 48.0. The number of hydrogen-bond acceptors (Lipinski definition) is 6. The van der Waals surface area contributed by atoms with Crippen LogP contribution in [0.1, 0.15) is 25.1 Å². The molecule has 2 atom stereocenters. The number of carbonyl (C=O) groups is 2. The maximum absolute atomic E-state index is 14.5. The van der Waals surface area contributed by atoms with E-state index >= 15 is 0 Å². The maximum atomic E-state index is 14.5. The number of hydrogen-bond donors (Lipinski definition) is 3. The molecule has 3 aromatic heterocycles. The molecule has 2 amide bonds. The minimum atomic E-state index is -5.08. The van der Waals surface area contributed by atoms with Crippen LogP contribution in [0.15, 0.2) is 30.7 Å². The van der Waals surface area contributed by atoms with E-state index in [4.69, 9.17) is 9.90 Å². The quantitative estimate of drug-likeness (QED) is 0.428. The number of nitrogens with zero attached hydrogens (tertiary/aromatic N) is 5. The first-order chi connectivity index (χ1) is 17.8. The van der Waals surface area contributed by atoms with Crippen LogP contribution < -0.4 is 20.4 Å². The third-order valence-electron chi connectivity index (χ3n) is 6.14. The number of anilines is 3. The lowest BCUT2D eigenvalue weighted by molar-refractivity contribution is -0.192. The predicted octanol–water partition coefficient (Wildman–Crippen LogP) is 3.59. The van der Waals surface area contributed by atoms with Crippen molar-refractivity contribution in [3.63, 3.8) is 0 Å². The highest BCUT2D eigenvalue weighted by atomic mass is 19.4. The van der Waals surface area contributed by atoms with Crippen LogP contribution in [0.3, 0.4) is 0 Å². The van der Waals surface area contributed by atoms with Crippen LogP contribution in [0.5, 0.6) is 0 Å². The Labute approximate surface area is 215 Å². The van der Waals surface area contributed by atoms with Crippen LogP contribution in [0.25, 0.3) is 5.65 Å². The fraction of sp³-hybridized carbons (Fsp3) is 0.417. The van der Waals surface area contributed by atoms with Crippen molar-refractivity contribution in [1.82, 2.24) is 19.7 Å². The van der Waals surface area contributed by atoms with Crippen molar-refractivity contribution in [2.45, 2.75) is 45.5 Å². The van der Waals surface area contributed by atoms with Gasteiger partial charge in [-0.05, 0) is 33.3 Å². The van der Waals surface area contributed by atoms with Gasteiger partial charge >= 0.3 is 18.2 Å². The van der Waals surface area contributed by atoms with E-state index in [0.717, 1.165) is 36.5 Å². The molecule has 5 heterocycles. The van der Waals surface area contributed by atoms with Gasteiger partial charge in [-0.15, -0.1) is 0 Å². The van der Waals surface area contributed by atoms with Crippen LogP contribution in [0.4, 0.5) is 39.5 Å². The summed E-state index contributed by atoms with van der Waals surface area (Å²) >= 11 is 0. The van der Waals surface area contributed by atoms with E-state index in [0.29, 0.717) is 30.1 Å². The molecular weight excluding hydrogens is 510 g/mol. The fourth-order valence-corrected chi connectivity index (χ4v) is 4.70. The van der Waals surface area contributed by atoms with Gasteiger partial charge in [0.05, 0.1) is 11.4 Å². The molecule has 2 aliphatic heterocycles. The molecule has 0 unspecified atom stereocenters. The average molecular weight is 538 g/mol. The van der Waals surface area contributed by atoms with Crippen LogP contribution >= 0.6 is 0 Å². The van der Waals surface area contributed by atoms with Gasteiger partial charge in [0.25, 0.3) is 0 Å². The Balaban J connectivity index is 0.000000426. The molecule has 0 aromatic carbocycles. The number of carboxylic acids is 1. The van der Waals surface area contributed by atoms with Crippen molar-refractivity contribution in [1.29, 1.82) is 0 Å². The number of imidazole rings is 1. The van der Waals surface area contributed by atoms with E-state index in [1.807, 2.05) is 13.0 Å². The SMILES string of the molecule is Cc1cn2cc(NC(=O)N3CCc4c(N5C[C@@H](C)N[C@@H](C)C5)ccnc43)c(F)cc2n1.O=C(O)C(F)(F)F. The van der Waals surface area contributed by atoms with E-state index in [1.165, 1.54) is 6.07 Å². The Morgan fingerprint density at radius 1 is 1.18 bits per heavy atom. The molecular formula is C24H27F4N7O3. The second-order valence-electron chi connectivity index (χ2n) is 9.32. The normalized spacial score (nSPS) is 19.1. The molecule has 14 heteroatoms. The van der Waals surface area contributed by atoms with Gasteiger partial charge in [0.15, 0.2) is 5.82 Å². The minimum Gasteiger partial charge on any atom is -0.475 e. The summed E-state index contributed by atoms with van der Waals surface area (Å²) in [4.78, 5) is 34.6. The molecule has 0 radical (unpaired) electrons. The zero-order valence-electron chi connectivity index (χ0n) is 20.9. The Morgan fingerprint density at radius 2 is 1.84 bits per heavy atom. The number of aromatic nitrogens is 3. The Morgan fingerprint density at radius 3 is 2.47 bits per heavy atom. The average Bonchev–Trinajstić information content (AvgIpc) is 3.40. The summed E-state index contributed by atoms with van der Waals surface area (Å²) in [6.07, 6.45) is 0.727. The standard InChI is InChI=1S/C22H26FN7O.C2HF3O2/c1-13-9-28(10-14(2)25-13)19-4-6-24-21-16(19)5-7-30(21)22(31)27-18-12-29-11-15(3)26-20(29)8-17(18)23;3-2(4,5)1(6)7/h4,6,8,11-14,25H,5,7,9-10H2,1-3H3,(H,27,31);(H,6,7)/t13-,14+;. The van der Waals surface area contributed by atoms with Gasteiger partial charge in [0.1, 0.15) is 11.5 Å². The highest BCUT2D eigenvalue weighted by molar-refractivity contribution is 6.03. The van der Waals surface area contributed by atoms with Crippen molar-refractivity contribution >= 4 is 34.8 Å². The van der Waals surface area contributed by atoms with Crippen molar-refractivity contribution < 1.29 is 32.3 Å². The summed E-state index contributed by atoms with van der Waals surface area (Å²) in [6.45, 7) is 8.52. The molecule has 3 aromatic rings. The second-order valence-corrected chi connectivity index (χ2v) is 9.32. The number of nitrogens with one attached hydrogen (secondary N) is 2. The second kappa shape index (κ2) is 10.4. The van der Waals surface area contributed by atoms with E-state index in [9.17, 15) is 22.4 Å². The van der Waals surface area contributed by atoms with Crippen molar-refractivity contribution in [3.8, 4) is 0 Å². The first-order valence-corrected chi connectivity index (χ1v) is 11.9. The predicted molar refractivity (Wildman–Crippen MR) is 132 cm³/mol. The van der Waals surface area contributed by atoms with Gasteiger partial charge in [-0.1, -0.05) is 0 Å². The van der Waals surface area contributed by atoms with Crippen molar-refractivity contribution in [2.24, 2.45) is 0 Å². The first kappa shape index (κ1) is 27.1. The van der Waals surface area contributed by atoms with Gasteiger partial charge in [-0.25, -0.2) is 23.9 Å². The molecule has 0 spiro atoms. The zero-order chi connectivity index (χ0) is 27.8. The highest BCUT2D eigenvalue weighted by Crippen LogP contribution is 2.35. The number of aryl methyl sites for hydroxylation is 1. The molecule has 5 rings (SSSR count). The van der Waals surface area contributed by atoms with Gasteiger partial charge in [-0.3, -0.25) is 4.90 Å². The van der Waals surface area contributed by atoms with Crippen molar-refractivity contribution in [2.75, 3.05) is 34.8 Å². The van der Waals surface area contributed by atoms with Crippen LogP contribution in [-0.2, 0) is 11.2 Å². The zero-order valence-corrected chi connectivity index (χ0v) is 20.9. The Kier molecular flexibility index (Phi) is 7.44. The number of amides is 2. The van der Waals surface area contributed by atoms with Gasteiger partial charge in [0.2, 0.25) is 0 Å². The van der Waals surface area contributed by atoms with E-state index < -0.39 is 18.0 Å². The molecule has 10 nitrogen and oxygen atoms in total. The third kappa shape index (κ3) is 5.79. The molecule has 2 aliphatic rings. The minimum absolute atomic E-state index is 0.115. The molecule has 0 saturated carbocycles. The summed E-state index contributed by atoms with van der Waals surface area (Å²) in [5, 5.41) is 13.4. The molecule has 1 fully saturated rings. The van der Waals surface area contributed by atoms with Crippen molar-refractivity contribution in [3.05, 3.63) is 47.8 Å². The number of urea groups is 1. The van der Waals surface area contributed by atoms with Gasteiger partial charge < -0.3 is 25.0 Å². The van der Waals surface area contributed by atoms with Gasteiger partial charge in [0, 0.05) is 67.6 Å². The van der Waals surface area contributed by atoms with Gasteiger partial charge in [-0.2, -0.15) is 13.2 Å². The van der Waals surface area contributed by atoms with E-state index in [-0.39, 0.29) is 11.7 Å². The van der Waals surface area contributed by atoms with E-state index in [2.05, 4.69) is 39.3 Å². The number of piperazine rings is 1. The smallest absolute Gasteiger partial charge is 0.475 e. The molecule has 3 N–H and O–H groups in total. The maximum Gasteiger partial charge on any atom is 0.490 e. The molecule has 0 aliphatic carbocycles. The third-order valence-corrected chi connectivity index (χ3v) is 6.14. The summed E-state index contributed by atoms with van der Waals surface area (Å²) in [5.74, 6) is -2.63. The highest BCUT2D eigenvalue weighted by Gasteiger charge is 2.38. The van der Waals surface area contributed by atoms with Crippen LogP contribution in [-0.4, -0.2) is 69.4 Å². The lowest BCUT2D eigenvalue weighted by atomic mass is 10.1. The fourth-order valence-electron chi connectivity index (χ4n) is 4.70. The number of carboxylic acid groups (broad SMARTS) is 1. The number of carbonyl (C=O) groups excluding carboxylic acids is 1. The molecule has 0 bridgehead atoms. The lowest BCUT2D eigenvalue weighted by Gasteiger charge is -2.38. The number of alkyl halides is 3.